The van der Waals surface area contributed by atoms with Crippen molar-refractivity contribution < 1.29 is 9.53 Å². The Kier molecular flexibility index (Phi) is 6.85. The third-order valence-electron chi connectivity index (χ3n) is 5.84. The van der Waals surface area contributed by atoms with E-state index in [1.165, 1.54) is 43.8 Å². The minimum absolute atomic E-state index is 0.157. The summed E-state index contributed by atoms with van der Waals surface area (Å²) in [5.74, 6) is 1.23. The van der Waals surface area contributed by atoms with Crippen molar-refractivity contribution in [3.8, 4) is 17.1 Å². The van der Waals surface area contributed by atoms with E-state index in [4.69, 9.17) is 4.74 Å². The molecule has 3 aromatic rings. The Morgan fingerprint density at radius 2 is 1.84 bits per heavy atom. The van der Waals surface area contributed by atoms with Gasteiger partial charge in [-0.1, -0.05) is 6.42 Å². The van der Waals surface area contributed by atoms with Crippen LogP contribution >= 0.6 is 0 Å². The summed E-state index contributed by atoms with van der Waals surface area (Å²) in [5.41, 5.74) is 1.86. The van der Waals surface area contributed by atoms with Gasteiger partial charge in [-0.25, -0.2) is 4.98 Å². The molecule has 0 bridgehead atoms. The number of rotatable bonds is 7. The molecule has 1 N–H and O–H groups in total. The van der Waals surface area contributed by atoms with Gasteiger partial charge in [0.25, 0.3) is 5.56 Å². The third kappa shape index (κ3) is 5.16. The van der Waals surface area contributed by atoms with Crippen LogP contribution in [0.4, 0.5) is 5.69 Å². The Hall–Kier alpha value is -3.19. The van der Waals surface area contributed by atoms with Crippen LogP contribution in [0.25, 0.3) is 22.3 Å². The molecule has 7 heteroatoms. The SMILES string of the molecule is CC(=O)Nc1ccc2nc(-c3ccc(OCCCN4CCCCC4)cc3)n(C)c(=O)c2c1. The second-order valence-electron chi connectivity index (χ2n) is 8.34. The largest absolute Gasteiger partial charge is 0.494 e. The summed E-state index contributed by atoms with van der Waals surface area (Å²) < 4.78 is 7.44. The van der Waals surface area contributed by atoms with Gasteiger partial charge in [-0.05, 0) is 74.8 Å². The summed E-state index contributed by atoms with van der Waals surface area (Å²) in [6, 6.07) is 12.9. The maximum Gasteiger partial charge on any atom is 0.261 e. The van der Waals surface area contributed by atoms with Gasteiger partial charge in [0.1, 0.15) is 11.6 Å². The first-order valence-corrected chi connectivity index (χ1v) is 11.3. The number of piperidine rings is 1. The molecule has 0 spiro atoms. The number of amides is 1. The Bertz CT molecular complexity index is 1150. The predicted octanol–water partition coefficient (Wildman–Crippen LogP) is 3.81. The van der Waals surface area contributed by atoms with Crippen molar-refractivity contribution in [3.63, 3.8) is 0 Å². The summed E-state index contributed by atoms with van der Waals surface area (Å²) in [6.07, 6.45) is 4.99. The number of hydrogen-bond acceptors (Lipinski definition) is 5. The van der Waals surface area contributed by atoms with E-state index < -0.39 is 0 Å². The fourth-order valence-corrected chi connectivity index (χ4v) is 4.17. The molecule has 1 aliphatic rings. The summed E-state index contributed by atoms with van der Waals surface area (Å²) >= 11 is 0. The number of aromatic nitrogens is 2. The molecule has 0 aliphatic carbocycles. The van der Waals surface area contributed by atoms with Gasteiger partial charge >= 0.3 is 0 Å². The van der Waals surface area contributed by atoms with Crippen molar-refractivity contribution in [1.29, 1.82) is 0 Å². The number of carbonyl (C=O) groups excluding carboxylic acids is 1. The first-order chi connectivity index (χ1) is 15.5. The summed E-state index contributed by atoms with van der Waals surface area (Å²) in [6.45, 7) is 5.64. The van der Waals surface area contributed by atoms with Crippen LogP contribution in [0.1, 0.15) is 32.6 Å². The number of carbonyl (C=O) groups is 1. The Morgan fingerprint density at radius 1 is 1.09 bits per heavy atom. The number of ether oxygens (including phenoxy) is 1. The van der Waals surface area contributed by atoms with E-state index >= 15 is 0 Å². The number of likely N-dealkylation sites (tertiary alicyclic amines) is 1. The van der Waals surface area contributed by atoms with Crippen LogP contribution < -0.4 is 15.6 Å². The Labute approximate surface area is 188 Å². The van der Waals surface area contributed by atoms with E-state index in [2.05, 4.69) is 15.2 Å². The molecule has 1 aromatic heterocycles. The number of nitrogens with zero attached hydrogens (tertiary/aromatic N) is 3. The topological polar surface area (TPSA) is 76.5 Å². The average Bonchev–Trinajstić information content (AvgIpc) is 2.80. The molecule has 0 radical (unpaired) electrons. The normalized spacial score (nSPS) is 14.4. The van der Waals surface area contributed by atoms with Gasteiger partial charge in [0.05, 0.1) is 17.5 Å². The maximum atomic E-state index is 12.9. The van der Waals surface area contributed by atoms with Gasteiger partial charge in [0.2, 0.25) is 5.91 Å². The van der Waals surface area contributed by atoms with Gasteiger partial charge in [0, 0.05) is 31.8 Å². The molecule has 4 rings (SSSR count). The van der Waals surface area contributed by atoms with Crippen LogP contribution in [0.15, 0.2) is 47.3 Å². The van der Waals surface area contributed by atoms with E-state index in [-0.39, 0.29) is 11.5 Å². The lowest BCUT2D eigenvalue weighted by Gasteiger charge is -2.26. The Balaban J connectivity index is 1.44. The van der Waals surface area contributed by atoms with Crippen molar-refractivity contribution >= 4 is 22.5 Å². The van der Waals surface area contributed by atoms with Crippen molar-refractivity contribution in [3.05, 3.63) is 52.8 Å². The zero-order valence-corrected chi connectivity index (χ0v) is 18.8. The van der Waals surface area contributed by atoms with E-state index in [9.17, 15) is 9.59 Å². The zero-order chi connectivity index (χ0) is 22.5. The second kappa shape index (κ2) is 9.96. The standard InChI is InChI=1S/C25H30N4O3/c1-18(30)26-20-9-12-23-22(17-20)25(31)28(2)24(27-23)19-7-10-21(11-8-19)32-16-6-15-29-13-4-3-5-14-29/h7-12,17H,3-6,13-16H2,1-2H3,(H,26,30). The summed E-state index contributed by atoms with van der Waals surface area (Å²) in [4.78, 5) is 31.4. The quantitative estimate of drug-likeness (QED) is 0.572. The number of benzene rings is 2. The summed E-state index contributed by atoms with van der Waals surface area (Å²) in [7, 11) is 1.71. The molecule has 1 amide bonds. The van der Waals surface area contributed by atoms with Gasteiger partial charge in [-0.15, -0.1) is 0 Å². The first-order valence-electron chi connectivity index (χ1n) is 11.3. The van der Waals surface area contributed by atoms with Crippen LogP contribution in [-0.4, -0.2) is 46.6 Å². The van der Waals surface area contributed by atoms with Crippen molar-refractivity contribution in [2.24, 2.45) is 7.05 Å². The third-order valence-corrected chi connectivity index (χ3v) is 5.84. The molecular weight excluding hydrogens is 404 g/mol. The lowest BCUT2D eigenvalue weighted by molar-refractivity contribution is -0.114. The van der Waals surface area contributed by atoms with E-state index in [1.807, 2.05) is 24.3 Å². The number of anilines is 1. The molecule has 1 fully saturated rings. The molecule has 1 saturated heterocycles. The van der Waals surface area contributed by atoms with E-state index in [1.54, 1.807) is 25.2 Å². The first kappa shape index (κ1) is 22.0. The van der Waals surface area contributed by atoms with Gasteiger partial charge in [-0.2, -0.15) is 0 Å². The van der Waals surface area contributed by atoms with Gasteiger partial charge in [-0.3, -0.25) is 14.2 Å². The van der Waals surface area contributed by atoms with Crippen molar-refractivity contribution in [2.75, 3.05) is 31.6 Å². The molecule has 2 aromatic carbocycles. The summed E-state index contributed by atoms with van der Waals surface area (Å²) in [5, 5.41) is 3.17. The zero-order valence-electron chi connectivity index (χ0n) is 18.8. The molecule has 0 atom stereocenters. The molecule has 0 saturated carbocycles. The lowest BCUT2D eigenvalue weighted by Crippen LogP contribution is -2.31. The van der Waals surface area contributed by atoms with Crippen molar-refractivity contribution in [1.82, 2.24) is 14.5 Å². The average molecular weight is 435 g/mol. The van der Waals surface area contributed by atoms with E-state index in [0.717, 1.165) is 24.3 Å². The number of fused-ring (bicyclic) bond motifs is 1. The van der Waals surface area contributed by atoms with Crippen LogP contribution in [0.5, 0.6) is 5.75 Å². The fourth-order valence-electron chi connectivity index (χ4n) is 4.17. The highest BCUT2D eigenvalue weighted by Crippen LogP contribution is 2.23. The Morgan fingerprint density at radius 3 is 2.56 bits per heavy atom. The van der Waals surface area contributed by atoms with Crippen LogP contribution in [0, 0.1) is 0 Å². The monoisotopic (exact) mass is 434 g/mol. The predicted molar refractivity (Wildman–Crippen MR) is 127 cm³/mol. The molecule has 0 unspecified atom stereocenters. The minimum atomic E-state index is -0.181. The highest BCUT2D eigenvalue weighted by Gasteiger charge is 2.12. The molecule has 7 nitrogen and oxygen atoms in total. The van der Waals surface area contributed by atoms with Gasteiger partial charge < -0.3 is 15.0 Å². The molecule has 1 aliphatic heterocycles. The lowest BCUT2D eigenvalue weighted by atomic mass is 10.1. The highest BCUT2D eigenvalue weighted by atomic mass is 16.5. The maximum absolute atomic E-state index is 12.9. The van der Waals surface area contributed by atoms with E-state index in [0.29, 0.717) is 29.0 Å². The highest BCUT2D eigenvalue weighted by molar-refractivity contribution is 5.92. The molecular formula is C25H30N4O3. The van der Waals surface area contributed by atoms with Crippen LogP contribution in [-0.2, 0) is 11.8 Å². The molecule has 168 valence electrons. The molecule has 32 heavy (non-hydrogen) atoms. The van der Waals surface area contributed by atoms with Crippen molar-refractivity contribution in [2.45, 2.75) is 32.6 Å². The second-order valence-corrected chi connectivity index (χ2v) is 8.34. The van der Waals surface area contributed by atoms with Crippen LogP contribution in [0.3, 0.4) is 0 Å². The minimum Gasteiger partial charge on any atom is -0.494 e. The van der Waals surface area contributed by atoms with Crippen LogP contribution in [0.2, 0.25) is 0 Å². The fraction of sp³-hybridized carbons (Fsp3) is 0.400. The molecule has 2 heterocycles. The number of nitrogens with one attached hydrogen (secondary N) is 1. The smallest absolute Gasteiger partial charge is 0.261 e. The van der Waals surface area contributed by atoms with Gasteiger partial charge in [0.15, 0.2) is 0 Å². The number of hydrogen-bond donors (Lipinski definition) is 1.